The van der Waals surface area contributed by atoms with Crippen molar-refractivity contribution in [2.75, 3.05) is 39.6 Å². The van der Waals surface area contributed by atoms with Crippen LogP contribution in [0.5, 0.6) is 0 Å². The monoisotopic (exact) mass is 1350 g/mol. The molecule has 0 bridgehead atoms. The van der Waals surface area contributed by atoms with Crippen molar-refractivity contribution in [2.45, 2.75) is 394 Å². The van der Waals surface area contributed by atoms with Crippen LogP contribution in [0.4, 0.5) is 0 Å². The Morgan fingerprint density at radius 2 is 0.554 bits per heavy atom. The number of phosphoric ester groups is 2. The van der Waals surface area contributed by atoms with Crippen molar-refractivity contribution < 1.29 is 80.2 Å². The van der Waals surface area contributed by atoms with Gasteiger partial charge in [-0.1, -0.05) is 324 Å². The molecule has 3 N–H and O–H groups in total. The Balaban J connectivity index is 5.15. The van der Waals surface area contributed by atoms with Crippen LogP contribution in [0.1, 0.15) is 375 Å². The van der Waals surface area contributed by atoms with Crippen molar-refractivity contribution >= 4 is 39.5 Å². The number of ether oxygens (including phenoxy) is 4. The van der Waals surface area contributed by atoms with Crippen LogP contribution in [-0.4, -0.2) is 96.7 Å². The fourth-order valence-corrected chi connectivity index (χ4v) is 12.7. The Morgan fingerprint density at radius 3 is 0.826 bits per heavy atom. The van der Waals surface area contributed by atoms with Crippen LogP contribution in [0.3, 0.4) is 0 Å². The van der Waals surface area contributed by atoms with Gasteiger partial charge in [0.1, 0.15) is 19.3 Å². The van der Waals surface area contributed by atoms with E-state index < -0.39 is 97.5 Å². The highest BCUT2D eigenvalue weighted by atomic mass is 31.2. The number of rotatable bonds is 72. The van der Waals surface area contributed by atoms with Crippen LogP contribution < -0.4 is 0 Å². The molecule has 0 aromatic rings. The molecule has 92 heavy (non-hydrogen) atoms. The second-order valence-electron chi connectivity index (χ2n) is 27.1. The zero-order valence-electron chi connectivity index (χ0n) is 59.9. The smallest absolute Gasteiger partial charge is 0.462 e. The van der Waals surface area contributed by atoms with E-state index >= 15 is 0 Å². The SMILES string of the molecule is CCCCCCCCCCCCCCCCCCC(=O)OC[C@H](COP(=O)(O)OC[C@@H](O)COP(=O)(O)OC[C@@H](COC(=O)CCCCCCC)OC(=O)CCCCCCCCCCC(C)CC)OC(=O)CCCCCCCCCCCCCCCCCCC(C)C. The molecule has 0 saturated heterocycles. The molecule has 6 atom stereocenters. The lowest BCUT2D eigenvalue weighted by atomic mass is 9.99. The van der Waals surface area contributed by atoms with Gasteiger partial charge in [-0.15, -0.1) is 0 Å². The summed E-state index contributed by atoms with van der Waals surface area (Å²) in [5.41, 5.74) is 0. The van der Waals surface area contributed by atoms with E-state index in [-0.39, 0.29) is 25.7 Å². The first-order valence-corrected chi connectivity index (χ1v) is 41.0. The molecule has 0 heterocycles. The molecule has 0 rings (SSSR count). The van der Waals surface area contributed by atoms with Gasteiger partial charge in [0.2, 0.25) is 0 Å². The van der Waals surface area contributed by atoms with Crippen LogP contribution >= 0.6 is 15.6 Å². The summed E-state index contributed by atoms with van der Waals surface area (Å²) in [6.07, 6.45) is 51.7. The van der Waals surface area contributed by atoms with Gasteiger partial charge in [0.15, 0.2) is 12.2 Å². The maximum Gasteiger partial charge on any atom is 0.472 e. The number of unbranched alkanes of at least 4 members (excludes halogenated alkanes) is 41. The van der Waals surface area contributed by atoms with Crippen LogP contribution in [0, 0.1) is 11.8 Å². The Morgan fingerprint density at radius 1 is 0.315 bits per heavy atom. The van der Waals surface area contributed by atoms with E-state index in [1.54, 1.807) is 0 Å². The van der Waals surface area contributed by atoms with E-state index in [9.17, 15) is 43.2 Å². The van der Waals surface area contributed by atoms with Gasteiger partial charge in [-0.3, -0.25) is 37.3 Å². The number of carbonyl (C=O) groups excluding carboxylic acids is 4. The van der Waals surface area contributed by atoms with E-state index in [1.807, 2.05) is 0 Å². The number of aliphatic hydroxyl groups is 1. The summed E-state index contributed by atoms with van der Waals surface area (Å²) in [6.45, 7) is 9.51. The van der Waals surface area contributed by atoms with Gasteiger partial charge in [0.25, 0.3) is 0 Å². The van der Waals surface area contributed by atoms with Crippen molar-refractivity contribution in [1.82, 2.24) is 0 Å². The maximum atomic E-state index is 13.1. The second kappa shape index (κ2) is 65.0. The third-order valence-electron chi connectivity index (χ3n) is 17.3. The molecular weight excluding hydrogens is 1210 g/mol. The number of aliphatic hydroxyl groups excluding tert-OH is 1. The summed E-state index contributed by atoms with van der Waals surface area (Å²) in [4.78, 5) is 72.4. The maximum absolute atomic E-state index is 13.1. The average molecular weight is 1350 g/mol. The highest BCUT2D eigenvalue weighted by molar-refractivity contribution is 7.47. The highest BCUT2D eigenvalue weighted by Gasteiger charge is 2.30. The van der Waals surface area contributed by atoms with E-state index in [0.717, 1.165) is 108 Å². The third kappa shape index (κ3) is 65.4. The van der Waals surface area contributed by atoms with Gasteiger partial charge in [0.05, 0.1) is 26.4 Å². The quantitative estimate of drug-likeness (QED) is 0.0222. The van der Waals surface area contributed by atoms with Crippen molar-refractivity contribution in [3.05, 3.63) is 0 Å². The summed E-state index contributed by atoms with van der Waals surface area (Å²) in [7, 11) is -9.90. The minimum absolute atomic E-state index is 0.104. The molecule has 19 heteroatoms. The molecule has 0 aliphatic rings. The Bertz CT molecular complexity index is 1790. The van der Waals surface area contributed by atoms with E-state index in [0.29, 0.717) is 25.7 Å². The largest absolute Gasteiger partial charge is 0.472 e. The summed E-state index contributed by atoms with van der Waals surface area (Å²) >= 11 is 0. The van der Waals surface area contributed by atoms with Crippen LogP contribution in [0.15, 0.2) is 0 Å². The molecule has 0 aliphatic heterocycles. The molecule has 0 radical (unpaired) electrons. The van der Waals surface area contributed by atoms with Gasteiger partial charge in [0, 0.05) is 25.7 Å². The number of carbonyl (C=O) groups is 4. The Kier molecular flexibility index (Phi) is 63.7. The first-order valence-electron chi connectivity index (χ1n) is 38.0. The Hall–Kier alpha value is -1.94. The number of esters is 4. The van der Waals surface area contributed by atoms with Gasteiger partial charge in [-0.05, 0) is 37.5 Å². The lowest BCUT2D eigenvalue weighted by molar-refractivity contribution is -0.161. The first-order chi connectivity index (χ1) is 44.4. The topological polar surface area (TPSA) is 237 Å². The van der Waals surface area contributed by atoms with E-state index in [1.165, 1.54) is 186 Å². The van der Waals surface area contributed by atoms with Crippen LogP contribution in [0.2, 0.25) is 0 Å². The fraction of sp³-hybridized carbons (Fsp3) is 0.945. The standard InChI is InChI=1S/C73H142O17P2/c1-7-10-12-14-15-16-17-18-19-23-26-29-32-38-44-50-56-71(76)84-62-69(90-72(77)57-51-45-39-33-30-27-24-21-20-22-25-28-31-36-42-47-53-65(4)5)64-88-92(81,82)86-60-67(74)59-85-91(79,80)87-63-68(61-83-70(75)55-49-41-13-11-8-2)89-73(78)58-52-46-40-35-34-37-43-48-54-66(6)9-3/h65-69,74H,7-64H2,1-6H3,(H,79,80)(H,81,82)/t66?,67-,68+,69+/m0/s1. The van der Waals surface area contributed by atoms with Crippen molar-refractivity contribution in [3.8, 4) is 0 Å². The van der Waals surface area contributed by atoms with E-state index in [4.69, 9.17) is 37.0 Å². The summed E-state index contributed by atoms with van der Waals surface area (Å²) in [6, 6.07) is 0. The molecule has 17 nitrogen and oxygen atoms in total. The number of hydrogen-bond donors (Lipinski definition) is 3. The summed E-state index contributed by atoms with van der Waals surface area (Å²) < 4.78 is 68.2. The zero-order valence-corrected chi connectivity index (χ0v) is 61.6. The minimum atomic E-state index is -4.95. The van der Waals surface area contributed by atoms with Gasteiger partial charge >= 0.3 is 39.5 Å². The normalized spacial score (nSPS) is 14.4. The van der Waals surface area contributed by atoms with Crippen molar-refractivity contribution in [2.24, 2.45) is 11.8 Å². The van der Waals surface area contributed by atoms with Crippen molar-refractivity contribution in [1.29, 1.82) is 0 Å². The lowest BCUT2D eigenvalue weighted by Crippen LogP contribution is -2.30. The van der Waals surface area contributed by atoms with Crippen LogP contribution in [0.25, 0.3) is 0 Å². The Labute approximate surface area is 562 Å². The second-order valence-corrected chi connectivity index (χ2v) is 30.0. The molecule has 0 aromatic carbocycles. The molecule has 0 spiro atoms. The fourth-order valence-electron chi connectivity index (χ4n) is 11.1. The predicted octanol–water partition coefficient (Wildman–Crippen LogP) is 21.2. The van der Waals surface area contributed by atoms with Gasteiger partial charge < -0.3 is 33.8 Å². The summed E-state index contributed by atoms with van der Waals surface area (Å²) in [5, 5.41) is 10.6. The molecule has 3 unspecified atom stereocenters. The average Bonchev–Trinajstić information content (AvgIpc) is 2.94. The molecule has 546 valence electrons. The number of phosphoric acid groups is 2. The minimum Gasteiger partial charge on any atom is -0.462 e. The molecule has 0 aliphatic carbocycles. The lowest BCUT2D eigenvalue weighted by Gasteiger charge is -2.21. The number of hydrogen-bond acceptors (Lipinski definition) is 15. The highest BCUT2D eigenvalue weighted by Crippen LogP contribution is 2.45. The predicted molar refractivity (Wildman–Crippen MR) is 372 cm³/mol. The molecule has 0 saturated carbocycles. The third-order valence-corrected chi connectivity index (χ3v) is 19.2. The zero-order chi connectivity index (χ0) is 67.9. The van der Waals surface area contributed by atoms with Gasteiger partial charge in [-0.2, -0.15) is 0 Å². The van der Waals surface area contributed by atoms with Crippen LogP contribution in [-0.2, 0) is 65.4 Å². The van der Waals surface area contributed by atoms with E-state index in [2.05, 4.69) is 41.5 Å². The molecule has 0 aromatic heterocycles. The molecular formula is C73H142O17P2. The van der Waals surface area contributed by atoms with Crippen molar-refractivity contribution in [3.63, 3.8) is 0 Å². The first kappa shape index (κ1) is 90.1. The molecule has 0 amide bonds. The summed E-state index contributed by atoms with van der Waals surface area (Å²) in [5.74, 6) is -0.552. The van der Waals surface area contributed by atoms with Gasteiger partial charge in [-0.25, -0.2) is 9.13 Å². The molecule has 0 fully saturated rings.